The second kappa shape index (κ2) is 7.41. The monoisotopic (exact) mass is 309 g/mol. The van der Waals surface area contributed by atoms with E-state index in [4.69, 9.17) is 0 Å². The van der Waals surface area contributed by atoms with Crippen LogP contribution in [-0.4, -0.2) is 25.3 Å². The highest BCUT2D eigenvalue weighted by Crippen LogP contribution is 2.28. The molecule has 1 aliphatic carbocycles. The van der Waals surface area contributed by atoms with E-state index in [1.54, 1.807) is 16.4 Å². The average Bonchev–Trinajstić information content (AvgIpc) is 2.49. The second-order valence-electron chi connectivity index (χ2n) is 6.07. The van der Waals surface area contributed by atoms with Crippen molar-refractivity contribution < 1.29 is 8.42 Å². The largest absolute Gasteiger partial charge is 0.243 e. The smallest absolute Gasteiger partial charge is 0.207 e. The van der Waals surface area contributed by atoms with Gasteiger partial charge in [-0.1, -0.05) is 50.3 Å². The number of aryl methyl sites for hydroxylation is 1. The van der Waals surface area contributed by atoms with Crippen LogP contribution < -0.4 is 0 Å². The van der Waals surface area contributed by atoms with Gasteiger partial charge < -0.3 is 0 Å². The van der Waals surface area contributed by atoms with Gasteiger partial charge in [-0.15, -0.1) is 0 Å². The highest BCUT2D eigenvalue weighted by atomic mass is 32.2. The van der Waals surface area contributed by atoms with E-state index in [2.05, 4.69) is 6.92 Å². The normalized spacial score (nSPS) is 17.3. The molecule has 0 radical (unpaired) electrons. The Labute approximate surface area is 129 Å². The van der Waals surface area contributed by atoms with Crippen LogP contribution in [0.15, 0.2) is 29.2 Å². The van der Waals surface area contributed by atoms with Gasteiger partial charge in [-0.05, 0) is 38.3 Å². The molecular weight excluding hydrogens is 282 g/mol. The molecule has 0 aliphatic heterocycles. The maximum atomic E-state index is 13.0. The van der Waals surface area contributed by atoms with E-state index in [1.165, 1.54) is 6.42 Å². The first-order chi connectivity index (χ1) is 10.1. The van der Waals surface area contributed by atoms with Gasteiger partial charge in [0, 0.05) is 12.6 Å². The Bertz CT molecular complexity index is 530. The molecule has 3 nitrogen and oxygen atoms in total. The molecule has 0 amide bonds. The summed E-state index contributed by atoms with van der Waals surface area (Å²) >= 11 is 0. The minimum Gasteiger partial charge on any atom is -0.207 e. The van der Waals surface area contributed by atoms with Crippen molar-refractivity contribution in [3.63, 3.8) is 0 Å². The molecule has 2 rings (SSSR count). The van der Waals surface area contributed by atoms with Gasteiger partial charge in [0.15, 0.2) is 0 Å². The minimum absolute atomic E-state index is 0.191. The predicted molar refractivity (Wildman–Crippen MR) is 86.9 cm³/mol. The Morgan fingerprint density at radius 3 is 2.29 bits per heavy atom. The third-order valence-corrected chi connectivity index (χ3v) is 6.31. The van der Waals surface area contributed by atoms with E-state index >= 15 is 0 Å². The van der Waals surface area contributed by atoms with Crippen LogP contribution >= 0.6 is 0 Å². The van der Waals surface area contributed by atoms with Gasteiger partial charge in [-0.2, -0.15) is 4.31 Å². The average molecular weight is 309 g/mol. The van der Waals surface area contributed by atoms with Crippen LogP contribution in [0, 0.1) is 6.92 Å². The van der Waals surface area contributed by atoms with Gasteiger partial charge >= 0.3 is 0 Å². The maximum absolute atomic E-state index is 13.0. The molecule has 4 heteroatoms. The zero-order valence-electron chi connectivity index (χ0n) is 13.2. The molecule has 1 aromatic rings. The molecule has 0 heterocycles. The number of hydrogen-bond donors (Lipinski definition) is 0. The summed E-state index contributed by atoms with van der Waals surface area (Å²) in [4.78, 5) is 0.440. The van der Waals surface area contributed by atoms with E-state index in [0.717, 1.165) is 44.1 Å². The summed E-state index contributed by atoms with van der Waals surface area (Å²) in [5.74, 6) is 0. The van der Waals surface area contributed by atoms with E-state index in [-0.39, 0.29) is 6.04 Å². The molecule has 0 N–H and O–H groups in total. The molecule has 0 aromatic heterocycles. The van der Waals surface area contributed by atoms with Crippen molar-refractivity contribution in [2.45, 2.75) is 69.7 Å². The molecular formula is C17H27NO2S. The summed E-state index contributed by atoms with van der Waals surface area (Å²) in [6, 6.07) is 7.44. The summed E-state index contributed by atoms with van der Waals surface area (Å²) in [7, 11) is -3.36. The molecule has 0 spiro atoms. The Morgan fingerprint density at radius 2 is 1.71 bits per heavy atom. The zero-order chi connectivity index (χ0) is 15.3. The molecule has 21 heavy (non-hydrogen) atoms. The number of sulfonamides is 1. The fourth-order valence-electron chi connectivity index (χ4n) is 3.03. The van der Waals surface area contributed by atoms with Crippen molar-refractivity contribution in [2.24, 2.45) is 0 Å². The fourth-order valence-corrected chi connectivity index (χ4v) is 4.75. The van der Waals surface area contributed by atoms with Gasteiger partial charge in [0.1, 0.15) is 0 Å². The van der Waals surface area contributed by atoms with Gasteiger partial charge in [-0.3, -0.25) is 0 Å². The number of nitrogens with zero attached hydrogens (tertiary/aromatic N) is 1. The first-order valence-electron chi connectivity index (χ1n) is 8.14. The van der Waals surface area contributed by atoms with Crippen LogP contribution in [0.2, 0.25) is 0 Å². The number of unbranched alkanes of at least 4 members (excludes halogenated alkanes) is 1. The topological polar surface area (TPSA) is 37.4 Å². The third kappa shape index (κ3) is 4.07. The second-order valence-corrected chi connectivity index (χ2v) is 7.96. The SMILES string of the molecule is CCCCN(C1CCCCC1)S(=O)(=O)c1ccc(C)cc1. The molecule has 0 saturated heterocycles. The molecule has 1 saturated carbocycles. The van der Waals surface area contributed by atoms with Crippen LogP contribution in [-0.2, 0) is 10.0 Å². The lowest BCUT2D eigenvalue weighted by atomic mass is 9.95. The molecule has 0 atom stereocenters. The summed E-state index contributed by atoms with van der Waals surface area (Å²) < 4.78 is 27.7. The predicted octanol–water partition coefficient (Wildman–Crippen LogP) is 4.12. The molecule has 1 aliphatic rings. The van der Waals surface area contributed by atoms with Crippen molar-refractivity contribution >= 4 is 10.0 Å². The van der Waals surface area contributed by atoms with Crippen LogP contribution in [0.5, 0.6) is 0 Å². The Hall–Kier alpha value is -0.870. The summed E-state index contributed by atoms with van der Waals surface area (Å²) in [6.07, 6.45) is 7.51. The zero-order valence-corrected chi connectivity index (χ0v) is 14.0. The van der Waals surface area contributed by atoms with E-state index in [9.17, 15) is 8.42 Å². The van der Waals surface area contributed by atoms with Crippen molar-refractivity contribution in [3.05, 3.63) is 29.8 Å². The van der Waals surface area contributed by atoms with Gasteiger partial charge in [0.05, 0.1) is 4.90 Å². The van der Waals surface area contributed by atoms with E-state index < -0.39 is 10.0 Å². The third-order valence-electron chi connectivity index (χ3n) is 4.34. The van der Waals surface area contributed by atoms with Gasteiger partial charge in [0.2, 0.25) is 10.0 Å². The molecule has 1 fully saturated rings. The minimum atomic E-state index is -3.36. The van der Waals surface area contributed by atoms with Crippen molar-refractivity contribution in [3.8, 4) is 0 Å². The highest BCUT2D eigenvalue weighted by molar-refractivity contribution is 7.89. The van der Waals surface area contributed by atoms with Crippen LogP contribution in [0.4, 0.5) is 0 Å². The lowest BCUT2D eigenvalue weighted by Gasteiger charge is -2.33. The molecule has 1 aromatic carbocycles. The van der Waals surface area contributed by atoms with Gasteiger partial charge in [-0.25, -0.2) is 8.42 Å². The summed E-state index contributed by atoms with van der Waals surface area (Å²) in [5, 5.41) is 0. The molecule has 0 bridgehead atoms. The Morgan fingerprint density at radius 1 is 1.10 bits per heavy atom. The van der Waals surface area contributed by atoms with Crippen molar-refractivity contribution in [2.75, 3.05) is 6.54 Å². The van der Waals surface area contributed by atoms with Crippen molar-refractivity contribution in [1.29, 1.82) is 0 Å². The highest BCUT2D eigenvalue weighted by Gasteiger charge is 2.31. The van der Waals surface area contributed by atoms with Crippen LogP contribution in [0.3, 0.4) is 0 Å². The lowest BCUT2D eigenvalue weighted by Crippen LogP contribution is -2.42. The summed E-state index contributed by atoms with van der Waals surface area (Å²) in [6.45, 7) is 4.74. The molecule has 0 unspecified atom stereocenters. The number of benzene rings is 1. The van der Waals surface area contributed by atoms with Crippen LogP contribution in [0.25, 0.3) is 0 Å². The number of hydrogen-bond acceptors (Lipinski definition) is 2. The summed E-state index contributed by atoms with van der Waals surface area (Å²) in [5.41, 5.74) is 1.09. The Kier molecular flexibility index (Phi) is 5.82. The lowest BCUT2D eigenvalue weighted by molar-refractivity contribution is 0.250. The quantitative estimate of drug-likeness (QED) is 0.792. The first kappa shape index (κ1) is 16.5. The van der Waals surface area contributed by atoms with E-state index in [0.29, 0.717) is 11.4 Å². The maximum Gasteiger partial charge on any atom is 0.243 e. The fraction of sp³-hybridized carbons (Fsp3) is 0.647. The van der Waals surface area contributed by atoms with Gasteiger partial charge in [0.25, 0.3) is 0 Å². The number of rotatable bonds is 6. The van der Waals surface area contributed by atoms with E-state index in [1.807, 2.05) is 19.1 Å². The van der Waals surface area contributed by atoms with Crippen LogP contribution in [0.1, 0.15) is 57.4 Å². The first-order valence-corrected chi connectivity index (χ1v) is 9.58. The van der Waals surface area contributed by atoms with Crippen molar-refractivity contribution in [1.82, 2.24) is 4.31 Å². The standard InChI is InChI=1S/C17H27NO2S/c1-3-4-14-18(16-8-6-5-7-9-16)21(19,20)17-12-10-15(2)11-13-17/h10-13,16H,3-9,14H2,1-2H3. The Balaban J connectivity index is 2.26. The molecule has 118 valence electrons.